The molecule has 144 valence electrons. The van der Waals surface area contributed by atoms with Gasteiger partial charge >= 0.3 is 5.97 Å². The van der Waals surface area contributed by atoms with Crippen LogP contribution < -0.4 is 19.5 Å². The molecule has 0 heterocycles. The third kappa shape index (κ3) is 4.69. The lowest BCUT2D eigenvalue weighted by Crippen LogP contribution is -2.28. The lowest BCUT2D eigenvalue weighted by Gasteiger charge is -2.19. The minimum atomic E-state index is -1.06. The normalized spacial score (nSPS) is 11.4. The number of ether oxygens (including phenoxy) is 3. The highest BCUT2D eigenvalue weighted by atomic mass is 16.5. The van der Waals surface area contributed by atoms with Crippen molar-refractivity contribution in [2.75, 3.05) is 21.3 Å². The van der Waals surface area contributed by atoms with Crippen molar-refractivity contribution in [2.45, 2.75) is 19.4 Å². The van der Waals surface area contributed by atoms with Gasteiger partial charge < -0.3 is 24.6 Å². The fourth-order valence-corrected chi connectivity index (χ4v) is 2.78. The second-order valence-electron chi connectivity index (χ2n) is 5.89. The average molecular weight is 373 g/mol. The summed E-state index contributed by atoms with van der Waals surface area (Å²) in [5.74, 6) is 0.104. The Kier molecular flexibility index (Phi) is 6.65. The van der Waals surface area contributed by atoms with E-state index in [2.05, 4.69) is 5.32 Å². The maximum absolute atomic E-state index is 12.4. The molecule has 0 saturated heterocycles. The van der Waals surface area contributed by atoms with E-state index < -0.39 is 5.97 Å². The molecular formula is C20H23NO6. The standard InChI is InChI=1S/C20H23NO6/c1-12(14-9-16(25-2)19(27-4)17(10-14)26-3)21-18(22)11-13-7-5-6-8-15(13)20(23)24/h5-10,12H,11H2,1-4H3,(H,21,22)(H,23,24). The fourth-order valence-electron chi connectivity index (χ4n) is 2.78. The molecule has 2 aromatic carbocycles. The number of carbonyl (C=O) groups excluding carboxylic acids is 1. The van der Waals surface area contributed by atoms with Gasteiger partial charge in [-0.2, -0.15) is 0 Å². The molecule has 0 aliphatic rings. The van der Waals surface area contributed by atoms with Crippen LogP contribution in [0.15, 0.2) is 36.4 Å². The van der Waals surface area contributed by atoms with Gasteiger partial charge in [0, 0.05) is 0 Å². The molecule has 7 nitrogen and oxygen atoms in total. The molecule has 0 radical (unpaired) electrons. The summed E-state index contributed by atoms with van der Waals surface area (Å²) in [6.45, 7) is 1.82. The van der Waals surface area contributed by atoms with E-state index in [-0.39, 0.29) is 23.9 Å². The van der Waals surface area contributed by atoms with Crippen LogP contribution in [0, 0.1) is 0 Å². The topological polar surface area (TPSA) is 94.1 Å². The van der Waals surface area contributed by atoms with Crippen molar-refractivity contribution in [1.29, 1.82) is 0 Å². The van der Waals surface area contributed by atoms with Crippen LogP contribution in [0.3, 0.4) is 0 Å². The molecule has 0 aliphatic heterocycles. The van der Waals surface area contributed by atoms with Crippen molar-refractivity contribution in [3.05, 3.63) is 53.1 Å². The lowest BCUT2D eigenvalue weighted by atomic mass is 10.0. The van der Waals surface area contributed by atoms with Gasteiger partial charge in [0.05, 0.1) is 39.4 Å². The molecular weight excluding hydrogens is 350 g/mol. The van der Waals surface area contributed by atoms with Crippen LogP contribution in [0.4, 0.5) is 0 Å². The smallest absolute Gasteiger partial charge is 0.335 e. The average Bonchev–Trinajstić information content (AvgIpc) is 2.66. The summed E-state index contributed by atoms with van der Waals surface area (Å²) in [6, 6.07) is 9.62. The minimum Gasteiger partial charge on any atom is -0.493 e. The van der Waals surface area contributed by atoms with Crippen LogP contribution in [-0.4, -0.2) is 38.3 Å². The molecule has 0 spiro atoms. The number of carboxylic acids is 1. The second-order valence-corrected chi connectivity index (χ2v) is 5.89. The lowest BCUT2D eigenvalue weighted by molar-refractivity contribution is -0.121. The van der Waals surface area contributed by atoms with Gasteiger partial charge in [-0.1, -0.05) is 18.2 Å². The van der Waals surface area contributed by atoms with E-state index in [0.717, 1.165) is 5.56 Å². The minimum absolute atomic E-state index is 0.0305. The molecule has 2 rings (SSSR count). The molecule has 0 aliphatic carbocycles. The van der Waals surface area contributed by atoms with Gasteiger partial charge in [-0.05, 0) is 36.2 Å². The van der Waals surface area contributed by atoms with E-state index >= 15 is 0 Å². The molecule has 1 amide bonds. The molecule has 1 atom stereocenters. The van der Waals surface area contributed by atoms with Crippen molar-refractivity contribution in [2.24, 2.45) is 0 Å². The summed E-state index contributed by atoms with van der Waals surface area (Å²) in [7, 11) is 4.56. The summed E-state index contributed by atoms with van der Waals surface area (Å²) in [4.78, 5) is 23.7. The van der Waals surface area contributed by atoms with Gasteiger partial charge in [-0.25, -0.2) is 4.79 Å². The molecule has 0 fully saturated rings. The zero-order valence-corrected chi connectivity index (χ0v) is 15.7. The van der Waals surface area contributed by atoms with E-state index in [4.69, 9.17) is 14.2 Å². The highest BCUT2D eigenvalue weighted by Gasteiger charge is 2.19. The maximum atomic E-state index is 12.4. The zero-order valence-electron chi connectivity index (χ0n) is 15.7. The van der Waals surface area contributed by atoms with E-state index in [1.165, 1.54) is 27.4 Å². The Morgan fingerprint density at radius 3 is 2.15 bits per heavy atom. The number of methoxy groups -OCH3 is 3. The summed E-state index contributed by atoms with van der Waals surface area (Å²) >= 11 is 0. The van der Waals surface area contributed by atoms with E-state index in [0.29, 0.717) is 22.8 Å². The Hall–Kier alpha value is -3.22. The monoisotopic (exact) mass is 373 g/mol. The van der Waals surface area contributed by atoms with Crippen molar-refractivity contribution >= 4 is 11.9 Å². The van der Waals surface area contributed by atoms with E-state index in [9.17, 15) is 14.7 Å². The number of rotatable bonds is 8. The molecule has 7 heteroatoms. The number of carbonyl (C=O) groups is 2. The number of nitrogens with one attached hydrogen (secondary N) is 1. The predicted molar refractivity (Wildman–Crippen MR) is 99.8 cm³/mol. The molecule has 2 N–H and O–H groups in total. The fraction of sp³-hybridized carbons (Fsp3) is 0.300. The van der Waals surface area contributed by atoms with Crippen molar-refractivity contribution in [1.82, 2.24) is 5.32 Å². The number of hydrogen-bond acceptors (Lipinski definition) is 5. The first-order chi connectivity index (χ1) is 12.9. The van der Waals surface area contributed by atoms with Crippen molar-refractivity contribution in [3.63, 3.8) is 0 Å². The third-order valence-corrected chi connectivity index (χ3v) is 4.16. The molecule has 1 unspecified atom stereocenters. The van der Waals surface area contributed by atoms with Crippen LogP contribution in [-0.2, 0) is 11.2 Å². The van der Waals surface area contributed by atoms with Gasteiger partial charge in [0.1, 0.15) is 0 Å². The van der Waals surface area contributed by atoms with Gasteiger partial charge in [-0.3, -0.25) is 4.79 Å². The first kappa shape index (κ1) is 20.1. The van der Waals surface area contributed by atoms with Crippen molar-refractivity contribution in [3.8, 4) is 17.2 Å². The third-order valence-electron chi connectivity index (χ3n) is 4.16. The molecule has 2 aromatic rings. The number of carboxylic acid groups (broad SMARTS) is 1. The molecule has 0 bridgehead atoms. The number of hydrogen-bond donors (Lipinski definition) is 2. The largest absolute Gasteiger partial charge is 0.493 e. The highest BCUT2D eigenvalue weighted by molar-refractivity contribution is 5.91. The maximum Gasteiger partial charge on any atom is 0.335 e. The van der Waals surface area contributed by atoms with Gasteiger partial charge in [-0.15, -0.1) is 0 Å². The van der Waals surface area contributed by atoms with Crippen LogP contribution >= 0.6 is 0 Å². The Balaban J connectivity index is 2.19. The zero-order chi connectivity index (χ0) is 20.0. The van der Waals surface area contributed by atoms with E-state index in [1.54, 1.807) is 30.3 Å². The van der Waals surface area contributed by atoms with E-state index in [1.807, 2.05) is 6.92 Å². The van der Waals surface area contributed by atoms with Crippen LogP contribution in [0.5, 0.6) is 17.2 Å². The molecule has 0 aromatic heterocycles. The number of benzene rings is 2. The number of aromatic carboxylic acids is 1. The number of amides is 1. The second kappa shape index (κ2) is 8.93. The Morgan fingerprint density at radius 1 is 1.04 bits per heavy atom. The van der Waals surface area contributed by atoms with Crippen LogP contribution in [0.25, 0.3) is 0 Å². The van der Waals surface area contributed by atoms with Gasteiger partial charge in [0.15, 0.2) is 11.5 Å². The summed E-state index contributed by atoms with van der Waals surface area (Å²) in [5.41, 5.74) is 1.34. The molecule has 27 heavy (non-hydrogen) atoms. The SMILES string of the molecule is COc1cc(C(C)NC(=O)Cc2ccccc2C(=O)O)cc(OC)c1OC. The van der Waals surface area contributed by atoms with Crippen LogP contribution in [0.2, 0.25) is 0 Å². The van der Waals surface area contributed by atoms with Crippen molar-refractivity contribution < 1.29 is 28.9 Å². The first-order valence-corrected chi connectivity index (χ1v) is 8.31. The van der Waals surface area contributed by atoms with Crippen LogP contribution in [0.1, 0.15) is 34.5 Å². The predicted octanol–water partition coefficient (Wildman–Crippen LogP) is 2.83. The first-order valence-electron chi connectivity index (χ1n) is 8.31. The quantitative estimate of drug-likeness (QED) is 0.739. The summed E-state index contributed by atoms with van der Waals surface area (Å²) in [5, 5.41) is 12.1. The summed E-state index contributed by atoms with van der Waals surface area (Å²) < 4.78 is 16.0. The Labute approximate surface area is 157 Å². The molecule has 0 saturated carbocycles. The van der Waals surface area contributed by atoms with Gasteiger partial charge in [0.25, 0.3) is 0 Å². The van der Waals surface area contributed by atoms with Gasteiger partial charge in [0.2, 0.25) is 11.7 Å². The highest BCUT2D eigenvalue weighted by Crippen LogP contribution is 2.39. The summed E-state index contributed by atoms with van der Waals surface area (Å²) in [6.07, 6.45) is -0.0305. The Morgan fingerprint density at radius 2 is 1.63 bits per heavy atom. The Bertz CT molecular complexity index is 808.